The molecular formula is C14H20N4O3. The van der Waals surface area contributed by atoms with Crippen LogP contribution in [0.1, 0.15) is 42.2 Å². The fraction of sp³-hybridized carbons (Fsp3) is 0.643. The highest BCUT2D eigenvalue weighted by Gasteiger charge is 2.33. The lowest BCUT2D eigenvalue weighted by atomic mass is 9.98. The van der Waals surface area contributed by atoms with Crippen molar-refractivity contribution in [2.24, 2.45) is 11.7 Å². The third-order valence-corrected chi connectivity index (χ3v) is 4.34. The second kappa shape index (κ2) is 5.48. The zero-order valence-corrected chi connectivity index (χ0v) is 11.9. The van der Waals surface area contributed by atoms with E-state index in [1.807, 2.05) is 0 Å². The van der Waals surface area contributed by atoms with E-state index in [1.54, 1.807) is 9.47 Å². The van der Waals surface area contributed by atoms with Gasteiger partial charge in [0.1, 0.15) is 5.69 Å². The molecule has 1 aliphatic carbocycles. The van der Waals surface area contributed by atoms with E-state index in [4.69, 9.17) is 5.73 Å². The minimum absolute atomic E-state index is 0.00219. The molecule has 1 amide bonds. The Morgan fingerprint density at radius 3 is 2.81 bits per heavy atom. The topological polar surface area (TPSA) is 94.4 Å². The van der Waals surface area contributed by atoms with E-state index < -0.39 is 4.92 Å². The molecule has 1 unspecified atom stereocenters. The van der Waals surface area contributed by atoms with E-state index in [9.17, 15) is 14.9 Å². The Kier molecular flexibility index (Phi) is 3.67. The summed E-state index contributed by atoms with van der Waals surface area (Å²) in [6.07, 6.45) is 5.45. The number of nitrogens with zero attached hydrogens (tertiary/aromatic N) is 3. The van der Waals surface area contributed by atoms with Crippen LogP contribution in [-0.4, -0.2) is 39.9 Å². The molecule has 7 heteroatoms. The summed E-state index contributed by atoms with van der Waals surface area (Å²) in [5.41, 5.74) is 6.15. The number of likely N-dealkylation sites (tertiary alicyclic amines) is 1. The average Bonchev–Trinajstić information content (AvgIpc) is 3.24. The van der Waals surface area contributed by atoms with Crippen LogP contribution in [-0.2, 0) is 0 Å². The summed E-state index contributed by atoms with van der Waals surface area (Å²) in [7, 11) is 0. The molecule has 1 aromatic rings. The summed E-state index contributed by atoms with van der Waals surface area (Å²) in [5, 5.41) is 11.0. The van der Waals surface area contributed by atoms with Crippen LogP contribution < -0.4 is 5.73 Å². The van der Waals surface area contributed by atoms with Crippen molar-refractivity contribution >= 4 is 11.6 Å². The Labute approximate surface area is 122 Å². The highest BCUT2D eigenvalue weighted by atomic mass is 16.6. The summed E-state index contributed by atoms with van der Waals surface area (Å²) in [5.74, 6) is 0.232. The highest BCUT2D eigenvalue weighted by Crippen LogP contribution is 2.38. The lowest BCUT2D eigenvalue weighted by molar-refractivity contribution is -0.384. The van der Waals surface area contributed by atoms with Crippen molar-refractivity contribution in [3.8, 4) is 0 Å². The first-order valence-corrected chi connectivity index (χ1v) is 7.45. The quantitative estimate of drug-likeness (QED) is 0.672. The first-order chi connectivity index (χ1) is 10.1. The van der Waals surface area contributed by atoms with Gasteiger partial charge in [0.25, 0.3) is 11.6 Å². The Morgan fingerprint density at radius 2 is 2.19 bits per heavy atom. The molecule has 2 fully saturated rings. The molecule has 7 nitrogen and oxygen atoms in total. The third-order valence-electron chi connectivity index (χ3n) is 4.34. The Morgan fingerprint density at radius 1 is 1.43 bits per heavy atom. The lowest BCUT2D eigenvalue weighted by Crippen LogP contribution is -2.42. The van der Waals surface area contributed by atoms with Crippen molar-refractivity contribution in [1.82, 2.24) is 9.47 Å². The number of hydrogen-bond acceptors (Lipinski definition) is 4. The molecule has 1 atom stereocenters. The molecule has 3 rings (SSSR count). The van der Waals surface area contributed by atoms with E-state index in [0.29, 0.717) is 31.2 Å². The summed E-state index contributed by atoms with van der Waals surface area (Å²) >= 11 is 0. The van der Waals surface area contributed by atoms with Crippen LogP contribution in [0.15, 0.2) is 12.3 Å². The SMILES string of the molecule is NCC1CCCN(C(=O)c2cc([N+](=O)[O-])cn2C2CC2)C1. The molecule has 0 bridgehead atoms. The molecule has 2 heterocycles. The summed E-state index contributed by atoms with van der Waals surface area (Å²) in [6.45, 7) is 1.94. The van der Waals surface area contributed by atoms with E-state index in [2.05, 4.69) is 0 Å². The van der Waals surface area contributed by atoms with Gasteiger partial charge in [-0.15, -0.1) is 0 Å². The van der Waals surface area contributed by atoms with Gasteiger partial charge in [0.2, 0.25) is 0 Å². The first kappa shape index (κ1) is 14.1. The van der Waals surface area contributed by atoms with Gasteiger partial charge < -0.3 is 15.2 Å². The fourth-order valence-electron chi connectivity index (χ4n) is 2.99. The van der Waals surface area contributed by atoms with Gasteiger partial charge in [-0.1, -0.05) is 0 Å². The molecule has 1 saturated carbocycles. The van der Waals surface area contributed by atoms with Gasteiger partial charge >= 0.3 is 0 Å². The second-order valence-corrected chi connectivity index (χ2v) is 5.97. The molecule has 0 radical (unpaired) electrons. The van der Waals surface area contributed by atoms with Crippen LogP contribution in [0.2, 0.25) is 0 Å². The van der Waals surface area contributed by atoms with Crippen LogP contribution in [0.5, 0.6) is 0 Å². The van der Waals surface area contributed by atoms with Crippen molar-refractivity contribution in [2.75, 3.05) is 19.6 Å². The van der Waals surface area contributed by atoms with E-state index in [0.717, 1.165) is 25.7 Å². The van der Waals surface area contributed by atoms with Gasteiger partial charge in [0.15, 0.2) is 0 Å². The molecule has 114 valence electrons. The first-order valence-electron chi connectivity index (χ1n) is 7.45. The monoisotopic (exact) mass is 292 g/mol. The van der Waals surface area contributed by atoms with Gasteiger partial charge in [-0.05, 0) is 38.1 Å². The van der Waals surface area contributed by atoms with Crippen LogP contribution in [0, 0.1) is 16.0 Å². The average molecular weight is 292 g/mol. The van der Waals surface area contributed by atoms with Crippen LogP contribution in [0.3, 0.4) is 0 Å². The maximum Gasteiger partial charge on any atom is 0.287 e. The van der Waals surface area contributed by atoms with Crippen LogP contribution >= 0.6 is 0 Å². The van der Waals surface area contributed by atoms with Crippen LogP contribution in [0.4, 0.5) is 5.69 Å². The number of carbonyl (C=O) groups is 1. The highest BCUT2D eigenvalue weighted by molar-refractivity contribution is 5.93. The van der Waals surface area contributed by atoms with Gasteiger partial charge in [-0.2, -0.15) is 0 Å². The van der Waals surface area contributed by atoms with Gasteiger partial charge in [-0.3, -0.25) is 14.9 Å². The van der Waals surface area contributed by atoms with E-state index >= 15 is 0 Å². The van der Waals surface area contributed by atoms with Crippen molar-refractivity contribution in [1.29, 1.82) is 0 Å². The Hall–Kier alpha value is -1.89. The van der Waals surface area contributed by atoms with E-state index in [1.165, 1.54) is 12.3 Å². The minimum Gasteiger partial charge on any atom is -0.337 e. The van der Waals surface area contributed by atoms with Crippen molar-refractivity contribution < 1.29 is 9.72 Å². The largest absolute Gasteiger partial charge is 0.337 e. The van der Waals surface area contributed by atoms with Crippen molar-refractivity contribution in [3.63, 3.8) is 0 Å². The zero-order chi connectivity index (χ0) is 15.0. The number of nitrogens with two attached hydrogens (primary N) is 1. The molecule has 2 aliphatic rings. The standard InChI is InChI=1S/C14H20N4O3/c15-7-10-2-1-5-16(8-10)14(19)13-6-12(18(20)21)9-17(13)11-3-4-11/h6,9-11H,1-5,7-8,15H2. The zero-order valence-electron chi connectivity index (χ0n) is 11.9. The van der Waals surface area contributed by atoms with Gasteiger partial charge in [0.05, 0.1) is 11.1 Å². The Bertz CT molecular complexity index is 565. The number of carbonyl (C=O) groups excluding carboxylic acids is 1. The predicted molar refractivity (Wildman–Crippen MR) is 77.0 cm³/mol. The van der Waals surface area contributed by atoms with E-state index in [-0.39, 0.29) is 17.6 Å². The molecule has 0 spiro atoms. The maximum absolute atomic E-state index is 12.7. The van der Waals surface area contributed by atoms with Crippen molar-refractivity contribution in [3.05, 3.63) is 28.1 Å². The molecule has 0 aromatic carbocycles. The van der Waals surface area contributed by atoms with Crippen LogP contribution in [0.25, 0.3) is 0 Å². The number of aromatic nitrogens is 1. The van der Waals surface area contributed by atoms with Gasteiger partial charge in [0, 0.05) is 25.2 Å². The molecule has 1 saturated heterocycles. The molecular weight excluding hydrogens is 272 g/mol. The summed E-state index contributed by atoms with van der Waals surface area (Å²) in [4.78, 5) is 25.0. The smallest absolute Gasteiger partial charge is 0.287 e. The normalized spacial score (nSPS) is 22.3. The summed E-state index contributed by atoms with van der Waals surface area (Å²) < 4.78 is 1.78. The van der Waals surface area contributed by atoms with Gasteiger partial charge in [-0.25, -0.2) is 0 Å². The minimum atomic E-state index is -0.436. The molecule has 2 N–H and O–H groups in total. The number of nitro groups is 1. The summed E-state index contributed by atoms with van der Waals surface area (Å²) in [6, 6.07) is 1.65. The molecule has 1 aliphatic heterocycles. The second-order valence-electron chi connectivity index (χ2n) is 5.97. The molecule has 21 heavy (non-hydrogen) atoms. The third kappa shape index (κ3) is 2.78. The Balaban J connectivity index is 1.84. The number of piperidine rings is 1. The number of hydrogen-bond donors (Lipinski definition) is 1. The fourth-order valence-corrected chi connectivity index (χ4v) is 2.99. The number of rotatable bonds is 4. The molecule has 1 aromatic heterocycles. The predicted octanol–water partition coefficient (Wildman–Crippen LogP) is 1.54. The maximum atomic E-state index is 12.7. The van der Waals surface area contributed by atoms with Crippen molar-refractivity contribution in [2.45, 2.75) is 31.7 Å². The lowest BCUT2D eigenvalue weighted by Gasteiger charge is -2.32. The number of amides is 1.